The van der Waals surface area contributed by atoms with Crippen LogP contribution in [-0.2, 0) is 0 Å². The summed E-state index contributed by atoms with van der Waals surface area (Å²) in [6.45, 7) is 0. The normalized spacial score (nSPS) is 12.2. The molecule has 0 aliphatic rings. The highest BCUT2D eigenvalue weighted by Crippen LogP contribution is 2.36. The molecule has 0 heterocycles. The first kappa shape index (κ1) is 13.6. The number of alkyl halides is 4. The first-order valence-electron chi connectivity index (χ1n) is 4.59. The average molecular weight is 311 g/mol. The first-order chi connectivity index (χ1) is 7.51. The van der Waals surface area contributed by atoms with Gasteiger partial charge in [-0.05, 0) is 35.9 Å². The van der Waals surface area contributed by atoms with E-state index < -0.39 is 5.51 Å². The fourth-order valence-corrected chi connectivity index (χ4v) is 1.87. The zero-order valence-corrected chi connectivity index (χ0v) is 10.7. The van der Waals surface area contributed by atoms with E-state index in [1.807, 2.05) is 12.2 Å². The Hall–Kier alpha value is -0.420. The van der Waals surface area contributed by atoms with Crippen LogP contribution in [0.1, 0.15) is 12.0 Å². The summed E-state index contributed by atoms with van der Waals surface area (Å²) >= 11 is 3.19. The van der Waals surface area contributed by atoms with E-state index in [1.165, 1.54) is 12.1 Å². The summed E-state index contributed by atoms with van der Waals surface area (Å²) < 4.78 is 36.1. The van der Waals surface area contributed by atoms with Crippen molar-refractivity contribution in [2.75, 3.05) is 5.33 Å². The predicted molar refractivity (Wildman–Crippen MR) is 65.8 cm³/mol. The number of rotatable bonds is 4. The second kappa shape index (κ2) is 6.35. The summed E-state index contributed by atoms with van der Waals surface area (Å²) in [5, 5.41) is 0.880. The summed E-state index contributed by atoms with van der Waals surface area (Å²) in [6.07, 6.45) is 4.77. The number of benzene rings is 1. The average Bonchev–Trinajstić information content (AvgIpc) is 2.19. The highest BCUT2D eigenvalue weighted by atomic mass is 79.9. The quantitative estimate of drug-likeness (QED) is 0.551. The molecule has 1 aromatic rings. The Morgan fingerprint density at radius 3 is 2.31 bits per heavy atom. The lowest BCUT2D eigenvalue weighted by Crippen LogP contribution is -1.98. The lowest BCUT2D eigenvalue weighted by Gasteiger charge is -2.05. The highest BCUT2D eigenvalue weighted by molar-refractivity contribution is 9.09. The Bertz CT molecular complexity index is 343. The van der Waals surface area contributed by atoms with E-state index in [1.54, 1.807) is 12.1 Å². The molecule has 1 rings (SSSR count). The molecule has 16 heavy (non-hydrogen) atoms. The Balaban J connectivity index is 2.61. The van der Waals surface area contributed by atoms with E-state index in [0.717, 1.165) is 17.3 Å². The molecule has 0 saturated heterocycles. The molecule has 0 unspecified atom stereocenters. The Morgan fingerprint density at radius 1 is 1.19 bits per heavy atom. The van der Waals surface area contributed by atoms with Gasteiger partial charge in [0.05, 0.1) is 0 Å². The van der Waals surface area contributed by atoms with Gasteiger partial charge in [0.2, 0.25) is 0 Å². The van der Waals surface area contributed by atoms with Crippen LogP contribution in [0.15, 0.2) is 35.2 Å². The number of hydrogen-bond donors (Lipinski definition) is 0. The Morgan fingerprint density at radius 2 is 1.81 bits per heavy atom. The smallest absolute Gasteiger partial charge is 0.160 e. The standard InChI is InChI=1S/C11H10BrF3S/c12-8-2-1-3-9-4-6-10(7-5-9)16-11(13,14)15/h1,3-7H,2,8H2. The van der Waals surface area contributed by atoms with Gasteiger partial charge in [0, 0.05) is 10.2 Å². The van der Waals surface area contributed by atoms with Crippen molar-refractivity contribution in [3.05, 3.63) is 35.9 Å². The maximum atomic E-state index is 12.0. The molecule has 0 spiro atoms. The summed E-state index contributed by atoms with van der Waals surface area (Å²) in [5.41, 5.74) is -3.31. The van der Waals surface area contributed by atoms with Gasteiger partial charge in [0.1, 0.15) is 0 Å². The van der Waals surface area contributed by atoms with Crippen LogP contribution >= 0.6 is 27.7 Å². The number of halogens is 4. The number of thioether (sulfide) groups is 1. The zero-order chi connectivity index (χ0) is 12.0. The number of allylic oxidation sites excluding steroid dienone is 1. The molecule has 5 heteroatoms. The molecule has 0 amide bonds. The first-order valence-corrected chi connectivity index (χ1v) is 6.53. The molecule has 0 aliphatic carbocycles. The minimum Gasteiger partial charge on any atom is -0.160 e. The van der Waals surface area contributed by atoms with Crippen molar-refractivity contribution in [1.29, 1.82) is 0 Å². The Labute approximate surface area is 105 Å². The van der Waals surface area contributed by atoms with Crippen molar-refractivity contribution in [3.8, 4) is 0 Å². The third-order valence-electron chi connectivity index (χ3n) is 1.70. The van der Waals surface area contributed by atoms with E-state index in [-0.39, 0.29) is 16.7 Å². The van der Waals surface area contributed by atoms with Gasteiger partial charge < -0.3 is 0 Å². The van der Waals surface area contributed by atoms with Crippen LogP contribution in [-0.4, -0.2) is 10.8 Å². The van der Waals surface area contributed by atoms with Gasteiger partial charge in [-0.25, -0.2) is 0 Å². The largest absolute Gasteiger partial charge is 0.446 e. The highest BCUT2D eigenvalue weighted by Gasteiger charge is 2.28. The van der Waals surface area contributed by atoms with E-state index in [9.17, 15) is 13.2 Å². The zero-order valence-electron chi connectivity index (χ0n) is 8.30. The second-order valence-corrected chi connectivity index (χ2v) is 4.93. The number of hydrogen-bond acceptors (Lipinski definition) is 1. The third kappa shape index (κ3) is 5.61. The lowest BCUT2D eigenvalue weighted by atomic mass is 10.2. The SMILES string of the molecule is FC(F)(F)Sc1ccc(C=CCCBr)cc1. The van der Waals surface area contributed by atoms with E-state index in [4.69, 9.17) is 0 Å². The predicted octanol–water partition coefficient (Wildman–Crippen LogP) is 5.10. The Kier molecular flexibility index (Phi) is 5.41. The molecule has 0 radical (unpaired) electrons. The summed E-state index contributed by atoms with van der Waals surface area (Å²) in [5.74, 6) is 0. The summed E-state index contributed by atoms with van der Waals surface area (Å²) in [4.78, 5) is 0.213. The molecule has 1 aromatic carbocycles. The van der Waals surface area contributed by atoms with Crippen molar-refractivity contribution in [2.24, 2.45) is 0 Å². The van der Waals surface area contributed by atoms with Crippen LogP contribution in [0.3, 0.4) is 0 Å². The van der Waals surface area contributed by atoms with Crippen molar-refractivity contribution < 1.29 is 13.2 Å². The van der Waals surface area contributed by atoms with Crippen LogP contribution in [0.2, 0.25) is 0 Å². The van der Waals surface area contributed by atoms with Crippen LogP contribution in [0.25, 0.3) is 6.08 Å². The molecule has 0 nitrogen and oxygen atoms in total. The molecule has 0 aromatic heterocycles. The molecule has 0 N–H and O–H groups in total. The lowest BCUT2D eigenvalue weighted by molar-refractivity contribution is -0.0328. The van der Waals surface area contributed by atoms with Gasteiger partial charge in [-0.1, -0.05) is 40.2 Å². The second-order valence-electron chi connectivity index (χ2n) is 3.00. The van der Waals surface area contributed by atoms with Gasteiger partial charge in [-0.15, -0.1) is 0 Å². The van der Waals surface area contributed by atoms with Gasteiger partial charge in [0.15, 0.2) is 0 Å². The minimum absolute atomic E-state index is 0.0938. The molecule has 0 aliphatic heterocycles. The van der Waals surface area contributed by atoms with Crippen LogP contribution in [0.4, 0.5) is 13.2 Å². The topological polar surface area (TPSA) is 0 Å². The van der Waals surface area contributed by atoms with Gasteiger partial charge in [-0.3, -0.25) is 0 Å². The molecule has 0 atom stereocenters. The van der Waals surface area contributed by atoms with E-state index >= 15 is 0 Å². The molecule has 0 bridgehead atoms. The summed E-state index contributed by atoms with van der Waals surface area (Å²) in [7, 11) is 0. The molecule has 0 saturated carbocycles. The molecule has 88 valence electrons. The van der Waals surface area contributed by atoms with E-state index in [2.05, 4.69) is 15.9 Å². The molecule has 0 fully saturated rings. The fraction of sp³-hybridized carbons (Fsp3) is 0.273. The van der Waals surface area contributed by atoms with Crippen molar-refractivity contribution >= 4 is 33.8 Å². The minimum atomic E-state index is -4.21. The third-order valence-corrected chi connectivity index (χ3v) is 2.90. The molecular weight excluding hydrogens is 301 g/mol. The van der Waals surface area contributed by atoms with Crippen LogP contribution in [0, 0.1) is 0 Å². The maximum Gasteiger partial charge on any atom is 0.446 e. The van der Waals surface area contributed by atoms with Crippen LogP contribution in [0.5, 0.6) is 0 Å². The fourth-order valence-electron chi connectivity index (χ4n) is 1.06. The van der Waals surface area contributed by atoms with Crippen molar-refractivity contribution in [2.45, 2.75) is 16.8 Å². The van der Waals surface area contributed by atoms with Gasteiger partial charge >= 0.3 is 5.51 Å². The van der Waals surface area contributed by atoms with Crippen molar-refractivity contribution in [3.63, 3.8) is 0 Å². The van der Waals surface area contributed by atoms with Gasteiger partial charge in [-0.2, -0.15) is 13.2 Å². The molecular formula is C11H10BrF3S. The summed E-state index contributed by atoms with van der Waals surface area (Å²) in [6, 6.07) is 6.32. The maximum absolute atomic E-state index is 12.0. The van der Waals surface area contributed by atoms with Crippen molar-refractivity contribution in [1.82, 2.24) is 0 Å². The van der Waals surface area contributed by atoms with E-state index in [0.29, 0.717) is 0 Å². The van der Waals surface area contributed by atoms with Crippen LogP contribution < -0.4 is 0 Å². The monoisotopic (exact) mass is 310 g/mol. The van der Waals surface area contributed by atoms with Gasteiger partial charge in [0.25, 0.3) is 0 Å².